The van der Waals surface area contributed by atoms with Gasteiger partial charge in [0.15, 0.2) is 12.4 Å². The summed E-state index contributed by atoms with van der Waals surface area (Å²) in [4.78, 5) is 48.5. The highest BCUT2D eigenvalue weighted by molar-refractivity contribution is 5.98. The van der Waals surface area contributed by atoms with Crippen molar-refractivity contribution >= 4 is 29.3 Å². The molecule has 1 N–H and O–H groups in total. The van der Waals surface area contributed by atoms with Gasteiger partial charge in [-0.05, 0) is 37.3 Å². The number of carbonyl (C=O) groups is 4. The molecule has 0 atom stereocenters. The van der Waals surface area contributed by atoms with E-state index in [2.05, 4.69) is 5.32 Å². The number of esters is 1. The Labute approximate surface area is 160 Å². The Morgan fingerprint density at radius 1 is 1.18 bits per heavy atom. The Morgan fingerprint density at radius 3 is 2.39 bits per heavy atom. The maximum Gasteiger partial charge on any atom is 0.355 e. The topological polar surface area (TPSA) is 97.7 Å². The smallest absolute Gasteiger partial charge is 0.355 e. The van der Waals surface area contributed by atoms with Crippen LogP contribution in [-0.4, -0.2) is 53.2 Å². The van der Waals surface area contributed by atoms with Crippen molar-refractivity contribution in [1.82, 2.24) is 9.47 Å². The fraction of sp³-hybridized carbons (Fsp3) is 0.263. The minimum atomic E-state index is -0.757. The molecule has 1 aromatic carbocycles. The number of carbonyl (C=O) groups excluding carboxylic acids is 4. The van der Waals surface area contributed by atoms with Crippen molar-refractivity contribution in [3.63, 3.8) is 0 Å². The molecule has 2 aromatic rings. The largest absolute Gasteiger partial charge is 0.451 e. The molecule has 0 saturated carbocycles. The van der Waals surface area contributed by atoms with Gasteiger partial charge in [0.2, 0.25) is 5.91 Å². The second kappa shape index (κ2) is 8.94. The molecule has 28 heavy (non-hydrogen) atoms. The van der Waals surface area contributed by atoms with Crippen molar-refractivity contribution in [3.05, 3.63) is 53.6 Å². The number of nitrogens with one attached hydrogen (secondary N) is 1. The predicted molar refractivity (Wildman–Crippen MR) is 98.4 cm³/mol. The van der Waals surface area contributed by atoms with E-state index in [0.717, 1.165) is 4.90 Å². The Kier molecular flexibility index (Phi) is 6.64. The summed E-state index contributed by atoms with van der Waals surface area (Å²) >= 11 is 0. The summed E-state index contributed by atoms with van der Waals surface area (Å²) < 4.78 is 19.2. The number of amides is 2. The van der Waals surface area contributed by atoms with Gasteiger partial charge in [-0.1, -0.05) is 0 Å². The molecule has 0 aliphatic rings. The summed E-state index contributed by atoms with van der Waals surface area (Å²) in [6.45, 7) is 0.548. The Morgan fingerprint density at radius 2 is 1.82 bits per heavy atom. The fourth-order valence-corrected chi connectivity index (χ4v) is 2.31. The Hall–Kier alpha value is -3.49. The molecule has 0 fully saturated rings. The van der Waals surface area contributed by atoms with E-state index in [-0.39, 0.29) is 18.0 Å². The quantitative estimate of drug-likeness (QED) is 0.573. The van der Waals surface area contributed by atoms with Gasteiger partial charge in [0.05, 0.1) is 6.54 Å². The molecule has 2 amide bonds. The van der Waals surface area contributed by atoms with Crippen molar-refractivity contribution < 1.29 is 28.3 Å². The number of ketones is 1. The molecule has 9 heteroatoms. The average molecular weight is 389 g/mol. The van der Waals surface area contributed by atoms with Crippen molar-refractivity contribution in [2.45, 2.75) is 6.92 Å². The minimum absolute atomic E-state index is 0.134. The van der Waals surface area contributed by atoms with Crippen LogP contribution >= 0.6 is 0 Å². The standard InChI is InChI=1S/C19H20FN3O5/c1-12(24)13-8-16(22(2)9-13)19(27)28-11-18(26)23(3)10-17(25)21-15-6-4-14(20)5-7-15/h4-9H,10-11H2,1-3H3,(H,21,25). The van der Waals surface area contributed by atoms with E-state index in [4.69, 9.17) is 4.74 Å². The van der Waals surface area contributed by atoms with Crippen LogP contribution in [0.4, 0.5) is 10.1 Å². The summed E-state index contributed by atoms with van der Waals surface area (Å²) in [5, 5.41) is 2.52. The number of ether oxygens (including phenoxy) is 1. The number of aromatic nitrogens is 1. The number of nitrogens with zero attached hydrogens (tertiary/aromatic N) is 2. The first-order chi connectivity index (χ1) is 13.2. The molecule has 0 aliphatic heterocycles. The zero-order valence-electron chi connectivity index (χ0n) is 15.7. The highest BCUT2D eigenvalue weighted by Crippen LogP contribution is 2.10. The number of benzene rings is 1. The number of hydrogen-bond donors (Lipinski definition) is 1. The lowest BCUT2D eigenvalue weighted by atomic mass is 10.2. The molecule has 8 nitrogen and oxygen atoms in total. The van der Waals surface area contributed by atoms with E-state index in [1.54, 1.807) is 7.05 Å². The first-order valence-corrected chi connectivity index (χ1v) is 8.31. The Balaban J connectivity index is 1.84. The number of halogens is 1. The molecule has 1 aromatic heterocycles. The van der Waals surface area contributed by atoms with Crippen LogP contribution in [0.25, 0.3) is 0 Å². The van der Waals surface area contributed by atoms with E-state index in [0.29, 0.717) is 11.3 Å². The number of anilines is 1. The van der Waals surface area contributed by atoms with Crippen LogP contribution in [0, 0.1) is 5.82 Å². The second-order valence-corrected chi connectivity index (χ2v) is 6.16. The molecule has 0 unspecified atom stereocenters. The van der Waals surface area contributed by atoms with Crippen LogP contribution < -0.4 is 5.32 Å². The summed E-state index contributed by atoms with van der Waals surface area (Å²) in [6, 6.07) is 6.57. The van der Waals surface area contributed by atoms with Crippen LogP contribution in [0.5, 0.6) is 0 Å². The van der Waals surface area contributed by atoms with Gasteiger partial charge in [0.25, 0.3) is 5.91 Å². The minimum Gasteiger partial charge on any atom is -0.451 e. The van der Waals surface area contributed by atoms with Crippen molar-refractivity contribution in [2.24, 2.45) is 7.05 Å². The van der Waals surface area contributed by atoms with Gasteiger partial charge in [-0.25, -0.2) is 9.18 Å². The lowest BCUT2D eigenvalue weighted by Crippen LogP contribution is -2.37. The number of aryl methyl sites for hydroxylation is 1. The van der Waals surface area contributed by atoms with E-state index in [1.807, 2.05) is 0 Å². The highest BCUT2D eigenvalue weighted by Gasteiger charge is 2.19. The third-order valence-corrected chi connectivity index (χ3v) is 3.88. The third-order valence-electron chi connectivity index (χ3n) is 3.88. The number of Topliss-reactive ketones (excluding diaryl/α,β-unsaturated/α-hetero) is 1. The normalized spacial score (nSPS) is 10.3. The molecule has 1 heterocycles. The van der Waals surface area contributed by atoms with Crippen molar-refractivity contribution in [3.8, 4) is 0 Å². The van der Waals surface area contributed by atoms with Gasteiger partial charge in [0.1, 0.15) is 11.5 Å². The predicted octanol–water partition coefficient (Wildman–Crippen LogP) is 1.62. The average Bonchev–Trinajstić information content (AvgIpc) is 3.03. The zero-order valence-corrected chi connectivity index (χ0v) is 15.7. The van der Waals surface area contributed by atoms with Crippen LogP contribution in [0.1, 0.15) is 27.8 Å². The maximum absolute atomic E-state index is 12.9. The summed E-state index contributed by atoms with van der Waals surface area (Å²) in [5.74, 6) is -2.45. The molecular formula is C19H20FN3O5. The molecule has 0 saturated heterocycles. The first kappa shape index (κ1) is 20.8. The summed E-state index contributed by atoms with van der Waals surface area (Å²) in [6.07, 6.45) is 1.49. The molecular weight excluding hydrogens is 369 g/mol. The lowest BCUT2D eigenvalue weighted by molar-refractivity contribution is -0.136. The number of rotatable bonds is 7. The van der Waals surface area contributed by atoms with Crippen LogP contribution in [0.3, 0.4) is 0 Å². The van der Waals surface area contributed by atoms with Crippen LogP contribution in [-0.2, 0) is 21.4 Å². The summed E-state index contributed by atoms with van der Waals surface area (Å²) in [7, 11) is 2.97. The highest BCUT2D eigenvalue weighted by atomic mass is 19.1. The number of hydrogen-bond acceptors (Lipinski definition) is 5. The first-order valence-electron chi connectivity index (χ1n) is 8.31. The third kappa shape index (κ3) is 5.50. The zero-order chi connectivity index (χ0) is 20.8. The van der Waals surface area contributed by atoms with Gasteiger partial charge in [-0.15, -0.1) is 0 Å². The maximum atomic E-state index is 12.9. The van der Waals surface area contributed by atoms with Gasteiger partial charge >= 0.3 is 5.97 Å². The fourth-order valence-electron chi connectivity index (χ4n) is 2.31. The second-order valence-electron chi connectivity index (χ2n) is 6.16. The molecule has 2 rings (SSSR count). The SMILES string of the molecule is CC(=O)c1cc(C(=O)OCC(=O)N(C)CC(=O)Nc2ccc(F)cc2)n(C)c1. The number of likely N-dealkylation sites (N-methyl/N-ethyl adjacent to an activating group) is 1. The van der Waals surface area contributed by atoms with Gasteiger partial charge in [-0.2, -0.15) is 0 Å². The van der Waals surface area contributed by atoms with E-state index in [1.165, 1.54) is 55.1 Å². The Bertz CT molecular complexity index is 905. The molecule has 0 spiro atoms. The van der Waals surface area contributed by atoms with Crippen molar-refractivity contribution in [2.75, 3.05) is 25.5 Å². The molecule has 148 valence electrons. The van der Waals surface area contributed by atoms with E-state index < -0.39 is 30.2 Å². The van der Waals surface area contributed by atoms with E-state index >= 15 is 0 Å². The van der Waals surface area contributed by atoms with Gasteiger partial charge < -0.3 is 19.5 Å². The van der Waals surface area contributed by atoms with Gasteiger partial charge in [0, 0.05) is 31.5 Å². The van der Waals surface area contributed by atoms with Gasteiger partial charge in [-0.3, -0.25) is 14.4 Å². The molecule has 0 aliphatic carbocycles. The molecule has 0 bridgehead atoms. The van der Waals surface area contributed by atoms with E-state index in [9.17, 15) is 23.6 Å². The summed E-state index contributed by atoms with van der Waals surface area (Å²) in [5.41, 5.74) is 0.883. The lowest BCUT2D eigenvalue weighted by Gasteiger charge is -2.16. The van der Waals surface area contributed by atoms with Crippen molar-refractivity contribution in [1.29, 1.82) is 0 Å². The molecule has 0 radical (unpaired) electrons. The van der Waals surface area contributed by atoms with Crippen LogP contribution in [0.2, 0.25) is 0 Å². The van der Waals surface area contributed by atoms with Crippen LogP contribution in [0.15, 0.2) is 36.5 Å². The monoisotopic (exact) mass is 389 g/mol.